The van der Waals surface area contributed by atoms with Gasteiger partial charge < -0.3 is 9.84 Å². The number of aryl methyl sites for hydroxylation is 1. The molecule has 0 heterocycles. The minimum atomic E-state index is -0.676. The number of carbonyl (C=O) groups excluding carboxylic acids is 3. The fourth-order valence-corrected chi connectivity index (χ4v) is 2.72. The van der Waals surface area contributed by atoms with Gasteiger partial charge in [0.25, 0.3) is 0 Å². The maximum absolute atomic E-state index is 12.7. The van der Waals surface area contributed by atoms with Crippen LogP contribution in [0.2, 0.25) is 0 Å². The summed E-state index contributed by atoms with van der Waals surface area (Å²) in [5.41, 5.74) is 0.914. The maximum atomic E-state index is 12.7. The highest BCUT2D eigenvalue weighted by Crippen LogP contribution is 2.34. The lowest BCUT2D eigenvalue weighted by Gasteiger charge is -2.20. The van der Waals surface area contributed by atoms with Crippen molar-refractivity contribution in [1.82, 2.24) is 0 Å². The summed E-state index contributed by atoms with van der Waals surface area (Å²) in [6.45, 7) is 1.71. The van der Waals surface area contributed by atoms with Gasteiger partial charge in [0.15, 0.2) is 11.6 Å². The van der Waals surface area contributed by atoms with E-state index in [0.29, 0.717) is 5.56 Å². The Morgan fingerprint density at radius 2 is 1.73 bits per heavy atom. The van der Waals surface area contributed by atoms with Crippen LogP contribution in [0.3, 0.4) is 0 Å². The number of phenols is 1. The average Bonchev–Trinajstić information content (AvgIpc) is 2.50. The summed E-state index contributed by atoms with van der Waals surface area (Å²) in [6.07, 6.45) is 0. The first-order valence-electron chi connectivity index (χ1n) is 6.60. The molecule has 1 N–H and O–H groups in total. The largest absolute Gasteiger partial charge is 0.507 e. The van der Waals surface area contributed by atoms with Gasteiger partial charge in [-0.15, -0.1) is 0 Å². The van der Waals surface area contributed by atoms with E-state index >= 15 is 0 Å². The fraction of sp³-hybridized carbons (Fsp3) is 0.118. The predicted octanol–water partition coefficient (Wildman–Crippen LogP) is 2.26. The van der Waals surface area contributed by atoms with Gasteiger partial charge in [-0.1, -0.05) is 12.1 Å². The van der Waals surface area contributed by atoms with E-state index in [1.165, 1.54) is 37.4 Å². The number of ketones is 2. The van der Waals surface area contributed by atoms with Gasteiger partial charge in [0, 0.05) is 16.7 Å². The Hall–Kier alpha value is -2.95. The number of benzene rings is 2. The van der Waals surface area contributed by atoms with Crippen LogP contribution in [0.25, 0.3) is 0 Å². The van der Waals surface area contributed by atoms with Crippen molar-refractivity contribution in [2.24, 2.45) is 0 Å². The molecule has 0 bridgehead atoms. The number of methoxy groups -OCH3 is 1. The van der Waals surface area contributed by atoms with Crippen molar-refractivity contribution in [1.29, 1.82) is 0 Å². The highest BCUT2D eigenvalue weighted by atomic mass is 16.5. The molecule has 0 spiro atoms. The fourth-order valence-electron chi connectivity index (χ4n) is 2.72. The quantitative estimate of drug-likeness (QED) is 0.697. The summed E-state index contributed by atoms with van der Waals surface area (Å²) >= 11 is 0. The third kappa shape index (κ3) is 1.83. The number of rotatable bonds is 1. The molecule has 1 aliphatic carbocycles. The molecule has 0 radical (unpaired) electrons. The normalized spacial score (nSPS) is 12.6. The van der Waals surface area contributed by atoms with Crippen LogP contribution >= 0.6 is 0 Å². The van der Waals surface area contributed by atoms with E-state index in [2.05, 4.69) is 0 Å². The molecule has 0 saturated heterocycles. The zero-order chi connectivity index (χ0) is 16.0. The number of fused-ring (bicyclic) bond motifs is 2. The van der Waals surface area contributed by atoms with Gasteiger partial charge in [-0.25, -0.2) is 4.79 Å². The predicted molar refractivity (Wildman–Crippen MR) is 77.5 cm³/mol. The molecule has 0 unspecified atom stereocenters. The minimum absolute atomic E-state index is 0.0265. The summed E-state index contributed by atoms with van der Waals surface area (Å²) in [4.78, 5) is 37.2. The molecular weight excluding hydrogens is 284 g/mol. The summed E-state index contributed by atoms with van der Waals surface area (Å²) in [5, 5.41) is 9.90. The van der Waals surface area contributed by atoms with Gasteiger partial charge in [-0.3, -0.25) is 9.59 Å². The molecule has 5 nitrogen and oxygen atoms in total. The van der Waals surface area contributed by atoms with Crippen molar-refractivity contribution in [3.63, 3.8) is 0 Å². The lowest BCUT2D eigenvalue weighted by atomic mass is 9.80. The Labute approximate surface area is 126 Å². The monoisotopic (exact) mass is 296 g/mol. The van der Waals surface area contributed by atoms with E-state index in [1.54, 1.807) is 6.92 Å². The number of phenolic OH excluding ortho intramolecular Hbond substituents is 1. The molecule has 0 aromatic heterocycles. The number of hydrogen-bond acceptors (Lipinski definition) is 5. The van der Waals surface area contributed by atoms with Gasteiger partial charge >= 0.3 is 5.97 Å². The molecule has 1 aliphatic rings. The molecular formula is C17H12O5. The van der Waals surface area contributed by atoms with E-state index in [0.717, 1.165) is 0 Å². The topological polar surface area (TPSA) is 80.7 Å². The second-order valence-electron chi connectivity index (χ2n) is 5.08. The third-order valence-corrected chi connectivity index (χ3v) is 3.67. The lowest BCUT2D eigenvalue weighted by Crippen LogP contribution is -2.24. The van der Waals surface area contributed by atoms with Crippen LogP contribution in [0.15, 0.2) is 30.3 Å². The first kappa shape index (κ1) is 14.0. The van der Waals surface area contributed by atoms with Crippen LogP contribution in [-0.4, -0.2) is 29.8 Å². The van der Waals surface area contributed by atoms with Crippen molar-refractivity contribution >= 4 is 17.5 Å². The average molecular weight is 296 g/mol. The van der Waals surface area contributed by atoms with E-state index in [9.17, 15) is 19.5 Å². The number of hydrogen-bond donors (Lipinski definition) is 1. The summed E-state index contributed by atoms with van der Waals surface area (Å²) in [7, 11) is 1.21. The molecule has 0 aliphatic heterocycles. The van der Waals surface area contributed by atoms with Crippen molar-refractivity contribution in [3.8, 4) is 5.75 Å². The standard InChI is InChI=1S/C17H12O5/c1-8-6-10-13(11(7-8)17(21)22-2)15(19)9-4-3-5-12(18)14(9)16(10)20/h3-7,18H,1-2H3. The number of esters is 1. The van der Waals surface area contributed by atoms with Crippen LogP contribution in [0, 0.1) is 6.92 Å². The first-order valence-corrected chi connectivity index (χ1v) is 6.60. The zero-order valence-corrected chi connectivity index (χ0v) is 12.0. The van der Waals surface area contributed by atoms with E-state index in [4.69, 9.17) is 4.74 Å². The minimum Gasteiger partial charge on any atom is -0.507 e. The van der Waals surface area contributed by atoms with Gasteiger partial charge in [0.1, 0.15) is 5.75 Å². The van der Waals surface area contributed by atoms with Crippen LogP contribution in [0.4, 0.5) is 0 Å². The van der Waals surface area contributed by atoms with E-state index < -0.39 is 17.5 Å². The molecule has 22 heavy (non-hydrogen) atoms. The van der Waals surface area contributed by atoms with E-state index in [1.807, 2.05) is 0 Å². The molecule has 2 aromatic carbocycles. The first-order chi connectivity index (χ1) is 10.5. The Morgan fingerprint density at radius 3 is 2.41 bits per heavy atom. The van der Waals surface area contributed by atoms with Crippen molar-refractivity contribution in [2.75, 3.05) is 7.11 Å². The zero-order valence-electron chi connectivity index (χ0n) is 12.0. The third-order valence-electron chi connectivity index (χ3n) is 3.67. The molecule has 0 amide bonds. The van der Waals surface area contributed by atoms with Crippen LogP contribution in [-0.2, 0) is 4.74 Å². The van der Waals surface area contributed by atoms with Crippen LogP contribution in [0.1, 0.15) is 47.8 Å². The molecule has 2 aromatic rings. The van der Waals surface area contributed by atoms with Gasteiger partial charge in [-0.05, 0) is 30.7 Å². The van der Waals surface area contributed by atoms with Crippen LogP contribution < -0.4 is 0 Å². The second-order valence-corrected chi connectivity index (χ2v) is 5.08. The summed E-state index contributed by atoms with van der Waals surface area (Å²) in [5.74, 6) is -1.87. The van der Waals surface area contributed by atoms with Crippen LogP contribution in [0.5, 0.6) is 5.75 Å². The SMILES string of the molecule is COC(=O)c1cc(C)cc2c1C(=O)c1cccc(O)c1C2=O. The Bertz CT molecular complexity index is 848. The van der Waals surface area contributed by atoms with Gasteiger partial charge in [0.2, 0.25) is 0 Å². The molecule has 3 rings (SSSR count). The second kappa shape index (κ2) is 4.80. The Kier molecular flexibility index (Phi) is 3.06. The number of aromatic hydroxyl groups is 1. The smallest absolute Gasteiger partial charge is 0.338 e. The van der Waals surface area contributed by atoms with E-state index in [-0.39, 0.29) is 33.6 Å². The maximum Gasteiger partial charge on any atom is 0.338 e. The molecule has 110 valence electrons. The van der Waals surface area contributed by atoms with Crippen molar-refractivity contribution in [2.45, 2.75) is 6.92 Å². The van der Waals surface area contributed by atoms with Gasteiger partial charge in [0.05, 0.1) is 18.2 Å². The highest BCUT2D eigenvalue weighted by molar-refractivity contribution is 6.31. The summed E-state index contributed by atoms with van der Waals surface area (Å²) in [6, 6.07) is 7.35. The molecule has 0 fully saturated rings. The highest BCUT2D eigenvalue weighted by Gasteiger charge is 2.35. The Balaban J connectivity index is 2.37. The van der Waals surface area contributed by atoms with Gasteiger partial charge in [-0.2, -0.15) is 0 Å². The van der Waals surface area contributed by atoms with Crippen molar-refractivity contribution < 1.29 is 24.2 Å². The number of carbonyl (C=O) groups is 3. The summed E-state index contributed by atoms with van der Waals surface area (Å²) < 4.78 is 4.70. The lowest BCUT2D eigenvalue weighted by molar-refractivity contribution is 0.0597. The molecule has 0 atom stereocenters. The molecule has 5 heteroatoms. The Morgan fingerprint density at radius 1 is 1.05 bits per heavy atom. The van der Waals surface area contributed by atoms with Crippen molar-refractivity contribution in [3.05, 3.63) is 63.7 Å². The number of ether oxygens (including phenoxy) is 1. The molecule has 0 saturated carbocycles.